The number of ether oxygens (including phenoxy) is 1. The number of amides is 3. The van der Waals surface area contributed by atoms with Gasteiger partial charge in [0.1, 0.15) is 11.8 Å². The number of hydrogen-bond donors (Lipinski definition) is 1. The first-order valence-corrected chi connectivity index (χ1v) is 16.2. The lowest BCUT2D eigenvalue weighted by Crippen LogP contribution is -2.55. The molecule has 5 rings (SSSR count). The highest BCUT2D eigenvalue weighted by Crippen LogP contribution is 2.71. The number of aliphatic hydroxyl groups excluding tert-OH is 1. The molecule has 0 aromatic heterocycles. The highest BCUT2D eigenvalue weighted by molar-refractivity contribution is 8.02. The summed E-state index contributed by atoms with van der Waals surface area (Å²) < 4.78 is 4.11. The van der Waals surface area contributed by atoms with Crippen molar-refractivity contribution in [3.05, 3.63) is 85.5 Å². The molecule has 3 aliphatic rings. The molecular weight excluding hydrogens is 574 g/mol. The molecule has 234 valence electrons. The van der Waals surface area contributed by atoms with Crippen molar-refractivity contribution in [3.63, 3.8) is 0 Å². The summed E-state index contributed by atoms with van der Waals surface area (Å²) in [6.07, 6.45) is 5.92. The Balaban J connectivity index is 1.54. The molecule has 0 radical (unpaired) electrons. The summed E-state index contributed by atoms with van der Waals surface area (Å²) >= 11 is 1.67. The third kappa shape index (κ3) is 5.56. The van der Waals surface area contributed by atoms with Gasteiger partial charge in [-0.1, -0.05) is 42.5 Å². The molecule has 3 aliphatic heterocycles. The van der Waals surface area contributed by atoms with Crippen LogP contribution in [0.5, 0.6) is 5.75 Å². The third-order valence-electron chi connectivity index (χ3n) is 9.42. The molecule has 3 amide bonds. The zero-order valence-corrected chi connectivity index (χ0v) is 26.5. The average Bonchev–Trinajstić information content (AvgIpc) is 3.60. The van der Waals surface area contributed by atoms with E-state index in [4.69, 9.17) is 4.74 Å². The minimum atomic E-state index is -0.743. The maximum atomic E-state index is 14.7. The van der Waals surface area contributed by atoms with Gasteiger partial charge in [0.15, 0.2) is 0 Å². The van der Waals surface area contributed by atoms with E-state index in [-0.39, 0.29) is 30.9 Å². The van der Waals surface area contributed by atoms with Gasteiger partial charge in [-0.15, -0.1) is 24.9 Å². The summed E-state index contributed by atoms with van der Waals surface area (Å²) in [7, 11) is 1.59. The first-order valence-electron chi connectivity index (χ1n) is 15.4. The van der Waals surface area contributed by atoms with Gasteiger partial charge in [0.05, 0.1) is 23.7 Å². The van der Waals surface area contributed by atoms with Crippen LogP contribution in [0.25, 0.3) is 0 Å². The van der Waals surface area contributed by atoms with Crippen molar-refractivity contribution >= 4 is 35.2 Å². The predicted molar refractivity (Wildman–Crippen MR) is 174 cm³/mol. The maximum Gasteiger partial charge on any atom is 0.251 e. The van der Waals surface area contributed by atoms with E-state index in [0.29, 0.717) is 50.3 Å². The van der Waals surface area contributed by atoms with Crippen LogP contribution >= 0.6 is 11.8 Å². The van der Waals surface area contributed by atoms with E-state index < -0.39 is 27.4 Å². The van der Waals surface area contributed by atoms with Gasteiger partial charge in [-0.2, -0.15) is 0 Å². The number of hydrogen-bond acceptors (Lipinski definition) is 6. The van der Waals surface area contributed by atoms with E-state index in [9.17, 15) is 19.5 Å². The third-order valence-corrected chi connectivity index (χ3v) is 11.4. The van der Waals surface area contributed by atoms with Crippen LogP contribution < -0.4 is 9.64 Å². The highest BCUT2D eigenvalue weighted by atomic mass is 32.2. The summed E-state index contributed by atoms with van der Waals surface area (Å²) in [6.45, 7) is 11.3. The Morgan fingerprint density at radius 1 is 1.05 bits per heavy atom. The number of carbonyl (C=O) groups is 3. The Morgan fingerprint density at radius 2 is 1.75 bits per heavy atom. The van der Waals surface area contributed by atoms with E-state index in [1.54, 1.807) is 45.7 Å². The molecule has 2 unspecified atom stereocenters. The minimum absolute atomic E-state index is 0.00752. The monoisotopic (exact) mass is 617 g/mol. The van der Waals surface area contributed by atoms with Crippen LogP contribution in [-0.4, -0.2) is 81.5 Å². The van der Waals surface area contributed by atoms with E-state index in [1.165, 1.54) is 0 Å². The maximum absolute atomic E-state index is 14.7. The van der Waals surface area contributed by atoms with Gasteiger partial charge in [-0.25, -0.2) is 0 Å². The van der Waals surface area contributed by atoms with Gasteiger partial charge in [0, 0.05) is 43.2 Å². The second-order valence-corrected chi connectivity index (χ2v) is 14.0. The molecule has 0 saturated carbocycles. The number of rotatable bonds is 14. The number of benzene rings is 2. The number of methoxy groups -OCH3 is 1. The predicted octanol–water partition coefficient (Wildman–Crippen LogP) is 4.68. The molecule has 3 saturated heterocycles. The molecule has 44 heavy (non-hydrogen) atoms. The van der Waals surface area contributed by atoms with Gasteiger partial charge in [0.25, 0.3) is 5.91 Å². The molecule has 2 bridgehead atoms. The SMILES string of the molecule is C=CCN(Cc1ccccc1)C(=O)[C@H]1[C@H]2C(=O)N(CCCCO)C(C(=O)N(CC=C)c3ccc(OC)cc3)C23CC[C@]1(C)S3. The summed E-state index contributed by atoms with van der Waals surface area (Å²) in [6, 6.07) is 16.4. The van der Waals surface area contributed by atoms with Crippen LogP contribution in [-0.2, 0) is 20.9 Å². The zero-order chi connectivity index (χ0) is 31.5. The first-order chi connectivity index (χ1) is 21.2. The van der Waals surface area contributed by atoms with Gasteiger partial charge >= 0.3 is 0 Å². The molecule has 2 aromatic rings. The molecule has 9 heteroatoms. The molecule has 8 nitrogen and oxygen atoms in total. The largest absolute Gasteiger partial charge is 0.497 e. The Morgan fingerprint density at radius 3 is 2.39 bits per heavy atom. The zero-order valence-electron chi connectivity index (χ0n) is 25.7. The molecule has 3 fully saturated rings. The number of fused-ring (bicyclic) bond motifs is 1. The number of nitrogens with zero attached hydrogens (tertiary/aromatic N) is 3. The molecule has 0 aliphatic carbocycles. The molecular formula is C35H43N3O5S. The van der Waals surface area contributed by atoms with Crippen LogP contribution in [0.3, 0.4) is 0 Å². The Labute approximate surface area is 264 Å². The van der Waals surface area contributed by atoms with Crippen molar-refractivity contribution in [2.75, 3.05) is 38.3 Å². The van der Waals surface area contributed by atoms with Crippen LogP contribution in [0.4, 0.5) is 5.69 Å². The van der Waals surface area contributed by atoms with Crippen molar-refractivity contribution in [1.82, 2.24) is 9.80 Å². The van der Waals surface area contributed by atoms with Gasteiger partial charge in [-0.3, -0.25) is 14.4 Å². The number of anilines is 1. The number of unbranched alkanes of at least 4 members (excludes halogenated alkanes) is 1. The molecule has 3 heterocycles. The summed E-state index contributed by atoms with van der Waals surface area (Å²) in [5, 5.41) is 9.51. The van der Waals surface area contributed by atoms with E-state index in [0.717, 1.165) is 12.0 Å². The fourth-order valence-corrected chi connectivity index (χ4v) is 9.81. The van der Waals surface area contributed by atoms with Crippen molar-refractivity contribution < 1.29 is 24.2 Å². The van der Waals surface area contributed by atoms with Crippen LogP contribution in [0.2, 0.25) is 0 Å². The number of carbonyl (C=O) groups excluding carboxylic acids is 3. The smallest absolute Gasteiger partial charge is 0.251 e. The lowest BCUT2D eigenvalue weighted by atomic mass is 9.66. The van der Waals surface area contributed by atoms with Crippen molar-refractivity contribution in [1.29, 1.82) is 0 Å². The summed E-state index contributed by atoms with van der Waals surface area (Å²) in [5.41, 5.74) is 1.70. The minimum Gasteiger partial charge on any atom is -0.497 e. The molecule has 5 atom stereocenters. The second kappa shape index (κ2) is 13.2. The first kappa shape index (κ1) is 31.9. The molecule has 2 aromatic carbocycles. The molecule has 1 N–H and O–H groups in total. The van der Waals surface area contributed by atoms with Crippen molar-refractivity contribution in [2.45, 2.75) is 54.7 Å². The number of likely N-dealkylation sites (tertiary alicyclic amines) is 1. The van der Waals surface area contributed by atoms with Gasteiger partial charge in [-0.05, 0) is 62.4 Å². The molecule has 1 spiro atoms. The van der Waals surface area contributed by atoms with Crippen LogP contribution in [0, 0.1) is 11.8 Å². The standard InChI is InChI=1S/C35H43N3O5S/c1-5-20-36(24-25-12-8-7-9-13-25)31(40)28-29-32(41)38(22-10-11-23-39)30(35(29)19-18-34(28,3)44-35)33(42)37(21-6-2)26-14-16-27(43-4)17-15-26/h5-9,12-17,28-30,39H,1-2,10-11,18-24H2,3-4H3/t28-,29+,30?,34+,35?/m1/s1. The van der Waals surface area contributed by atoms with Crippen molar-refractivity contribution in [3.8, 4) is 5.75 Å². The van der Waals surface area contributed by atoms with E-state index in [1.807, 2.05) is 54.6 Å². The average molecular weight is 618 g/mol. The fraction of sp³-hybridized carbons (Fsp3) is 0.457. The van der Waals surface area contributed by atoms with E-state index >= 15 is 0 Å². The quantitative estimate of drug-likeness (QED) is 0.245. The highest BCUT2D eigenvalue weighted by Gasteiger charge is 2.77. The van der Waals surface area contributed by atoms with Gasteiger partial charge in [0.2, 0.25) is 11.8 Å². The normalized spacial score (nSPS) is 26.8. The fourth-order valence-electron chi connectivity index (χ4n) is 7.47. The van der Waals surface area contributed by atoms with E-state index in [2.05, 4.69) is 20.1 Å². The topological polar surface area (TPSA) is 90.4 Å². The Kier molecular flexibility index (Phi) is 9.56. The summed E-state index contributed by atoms with van der Waals surface area (Å²) in [4.78, 5) is 49.0. The summed E-state index contributed by atoms with van der Waals surface area (Å²) in [5.74, 6) is -0.881. The Hall–Kier alpha value is -3.56. The van der Waals surface area contributed by atoms with Crippen LogP contribution in [0.1, 0.15) is 38.2 Å². The van der Waals surface area contributed by atoms with Crippen molar-refractivity contribution in [2.24, 2.45) is 11.8 Å². The van der Waals surface area contributed by atoms with Gasteiger partial charge < -0.3 is 24.5 Å². The Bertz CT molecular complexity index is 1380. The lowest BCUT2D eigenvalue weighted by molar-refractivity contribution is -0.145. The number of aliphatic hydroxyl groups is 1. The lowest BCUT2D eigenvalue weighted by Gasteiger charge is -2.38. The second-order valence-electron chi connectivity index (χ2n) is 12.1. The number of thioether (sulfide) groups is 1. The van der Waals surface area contributed by atoms with Crippen LogP contribution in [0.15, 0.2) is 79.9 Å².